The van der Waals surface area contributed by atoms with Gasteiger partial charge in [0.05, 0.1) is 29.5 Å². The lowest BCUT2D eigenvalue weighted by atomic mass is 10.1. The molecule has 1 fully saturated rings. The molecule has 21 heavy (non-hydrogen) atoms. The first kappa shape index (κ1) is 16.6. The van der Waals surface area contributed by atoms with E-state index in [9.17, 15) is 5.11 Å². The minimum Gasteiger partial charge on any atom is -0.394 e. The van der Waals surface area contributed by atoms with Crippen LogP contribution < -0.4 is 10.2 Å². The highest BCUT2D eigenvalue weighted by atomic mass is 35.5. The molecule has 0 amide bonds. The number of aliphatic hydroxyl groups excluding tert-OH is 1. The third-order valence-corrected chi connectivity index (χ3v) is 3.92. The van der Waals surface area contributed by atoms with Crippen LogP contribution in [0.15, 0.2) is 18.2 Å². The van der Waals surface area contributed by atoms with E-state index in [0.717, 1.165) is 23.8 Å². The molecule has 4 nitrogen and oxygen atoms in total. The minimum atomic E-state index is -0.157. The summed E-state index contributed by atoms with van der Waals surface area (Å²) in [5.74, 6) is 0. The zero-order valence-electron chi connectivity index (χ0n) is 13.0. The predicted octanol–water partition coefficient (Wildman–Crippen LogP) is 2.42. The van der Waals surface area contributed by atoms with Gasteiger partial charge in [0.2, 0.25) is 0 Å². The molecule has 1 heterocycles. The monoisotopic (exact) mass is 312 g/mol. The SMILES string of the molecule is CC(C)NCc1cccc(Cl)c1N1CC(C)OC(CO)C1. The molecule has 118 valence electrons. The van der Waals surface area contributed by atoms with E-state index >= 15 is 0 Å². The van der Waals surface area contributed by atoms with Crippen molar-refractivity contribution >= 4 is 17.3 Å². The number of nitrogens with one attached hydrogen (secondary N) is 1. The van der Waals surface area contributed by atoms with E-state index in [0.29, 0.717) is 12.6 Å². The number of morpholine rings is 1. The van der Waals surface area contributed by atoms with Crippen molar-refractivity contribution in [3.63, 3.8) is 0 Å². The van der Waals surface area contributed by atoms with Crippen LogP contribution >= 0.6 is 11.6 Å². The van der Waals surface area contributed by atoms with Gasteiger partial charge in [0.1, 0.15) is 0 Å². The highest BCUT2D eigenvalue weighted by Gasteiger charge is 2.27. The van der Waals surface area contributed by atoms with Crippen LogP contribution in [0.3, 0.4) is 0 Å². The van der Waals surface area contributed by atoms with Gasteiger partial charge in [-0.3, -0.25) is 0 Å². The second kappa shape index (κ2) is 7.45. The Labute approximate surface area is 132 Å². The van der Waals surface area contributed by atoms with Gasteiger partial charge < -0.3 is 20.1 Å². The maximum atomic E-state index is 9.39. The first-order valence-electron chi connectivity index (χ1n) is 7.53. The number of halogens is 1. The lowest BCUT2D eigenvalue weighted by Crippen LogP contribution is -2.48. The zero-order valence-corrected chi connectivity index (χ0v) is 13.7. The van der Waals surface area contributed by atoms with E-state index in [4.69, 9.17) is 16.3 Å². The molecule has 0 aliphatic carbocycles. The van der Waals surface area contributed by atoms with E-state index in [-0.39, 0.29) is 18.8 Å². The minimum absolute atomic E-state index is 0.0326. The Kier molecular flexibility index (Phi) is 5.88. The summed E-state index contributed by atoms with van der Waals surface area (Å²) in [5.41, 5.74) is 2.24. The third-order valence-electron chi connectivity index (χ3n) is 3.62. The number of rotatable bonds is 5. The second-order valence-corrected chi connectivity index (χ2v) is 6.35. The molecule has 0 saturated carbocycles. The smallest absolute Gasteiger partial charge is 0.0984 e. The summed E-state index contributed by atoms with van der Waals surface area (Å²) in [5, 5.41) is 13.6. The maximum absolute atomic E-state index is 9.39. The van der Waals surface area contributed by atoms with Gasteiger partial charge in [-0.2, -0.15) is 0 Å². The van der Waals surface area contributed by atoms with E-state index < -0.39 is 0 Å². The fraction of sp³-hybridized carbons (Fsp3) is 0.625. The van der Waals surface area contributed by atoms with Crippen molar-refractivity contribution in [3.8, 4) is 0 Å². The Bertz CT molecular complexity index is 468. The van der Waals surface area contributed by atoms with Gasteiger partial charge in [0.25, 0.3) is 0 Å². The van der Waals surface area contributed by atoms with Crippen LogP contribution in [-0.2, 0) is 11.3 Å². The molecule has 2 rings (SSSR count). The summed E-state index contributed by atoms with van der Waals surface area (Å²) in [6.07, 6.45) is -0.0750. The summed E-state index contributed by atoms with van der Waals surface area (Å²) in [4.78, 5) is 2.23. The Morgan fingerprint density at radius 1 is 1.43 bits per heavy atom. The van der Waals surface area contributed by atoms with Crippen molar-refractivity contribution < 1.29 is 9.84 Å². The molecule has 1 aromatic rings. The van der Waals surface area contributed by atoms with Crippen LogP contribution in [0.4, 0.5) is 5.69 Å². The maximum Gasteiger partial charge on any atom is 0.0984 e. The number of para-hydroxylation sites is 1. The molecular weight excluding hydrogens is 288 g/mol. The van der Waals surface area contributed by atoms with Crippen LogP contribution in [0.2, 0.25) is 5.02 Å². The summed E-state index contributed by atoms with van der Waals surface area (Å²) in [7, 11) is 0. The first-order valence-corrected chi connectivity index (χ1v) is 7.91. The largest absolute Gasteiger partial charge is 0.394 e. The van der Waals surface area contributed by atoms with Crippen LogP contribution in [0.5, 0.6) is 0 Å². The second-order valence-electron chi connectivity index (χ2n) is 5.94. The number of ether oxygens (including phenoxy) is 1. The summed E-state index contributed by atoms with van der Waals surface area (Å²) in [6, 6.07) is 6.43. The zero-order chi connectivity index (χ0) is 15.4. The average Bonchev–Trinajstić information content (AvgIpc) is 2.44. The lowest BCUT2D eigenvalue weighted by Gasteiger charge is -2.39. The van der Waals surface area contributed by atoms with Crippen LogP contribution in [0.25, 0.3) is 0 Å². The standard InChI is InChI=1S/C16H25ClN2O2/c1-11(2)18-7-13-5-4-6-15(17)16(13)19-8-12(3)21-14(9-19)10-20/h4-6,11-12,14,18,20H,7-10H2,1-3H3. The fourth-order valence-electron chi connectivity index (χ4n) is 2.70. The predicted molar refractivity (Wildman–Crippen MR) is 87.1 cm³/mol. The van der Waals surface area contributed by atoms with Gasteiger partial charge in [0, 0.05) is 25.7 Å². The van der Waals surface area contributed by atoms with Crippen molar-refractivity contribution in [2.45, 2.75) is 45.6 Å². The third kappa shape index (κ3) is 4.33. The van der Waals surface area contributed by atoms with E-state index in [1.165, 1.54) is 5.56 Å². The number of nitrogens with zero attached hydrogens (tertiary/aromatic N) is 1. The highest BCUT2D eigenvalue weighted by Crippen LogP contribution is 2.32. The van der Waals surface area contributed by atoms with Crippen LogP contribution in [0.1, 0.15) is 26.3 Å². The normalized spacial score (nSPS) is 22.9. The Morgan fingerprint density at radius 2 is 2.19 bits per heavy atom. The van der Waals surface area contributed by atoms with Gasteiger partial charge in [-0.15, -0.1) is 0 Å². The number of hydrogen-bond donors (Lipinski definition) is 2. The Balaban J connectivity index is 2.24. The highest BCUT2D eigenvalue weighted by molar-refractivity contribution is 6.33. The molecule has 0 radical (unpaired) electrons. The van der Waals surface area contributed by atoms with Crippen molar-refractivity contribution in [2.75, 3.05) is 24.6 Å². The van der Waals surface area contributed by atoms with Crippen LogP contribution in [-0.4, -0.2) is 43.1 Å². The Morgan fingerprint density at radius 3 is 2.86 bits per heavy atom. The first-order chi connectivity index (χ1) is 10.0. The van der Waals surface area contributed by atoms with Gasteiger partial charge >= 0.3 is 0 Å². The fourth-order valence-corrected chi connectivity index (χ4v) is 3.01. The molecule has 5 heteroatoms. The van der Waals surface area contributed by atoms with Crippen molar-refractivity contribution in [3.05, 3.63) is 28.8 Å². The van der Waals surface area contributed by atoms with E-state index in [1.54, 1.807) is 0 Å². The van der Waals surface area contributed by atoms with Crippen molar-refractivity contribution in [2.24, 2.45) is 0 Å². The van der Waals surface area contributed by atoms with Gasteiger partial charge in [0.15, 0.2) is 0 Å². The van der Waals surface area contributed by atoms with Gasteiger partial charge in [-0.05, 0) is 18.6 Å². The number of benzene rings is 1. The van der Waals surface area contributed by atoms with Gasteiger partial charge in [-0.25, -0.2) is 0 Å². The molecule has 1 aliphatic rings. The van der Waals surface area contributed by atoms with Crippen molar-refractivity contribution in [1.82, 2.24) is 5.32 Å². The quantitative estimate of drug-likeness (QED) is 0.876. The molecule has 2 atom stereocenters. The summed E-state index contributed by atoms with van der Waals surface area (Å²) >= 11 is 6.44. The van der Waals surface area contributed by atoms with Crippen molar-refractivity contribution in [1.29, 1.82) is 0 Å². The Hall–Kier alpha value is -0.810. The number of hydrogen-bond acceptors (Lipinski definition) is 4. The molecular formula is C16H25ClN2O2. The molecule has 1 saturated heterocycles. The van der Waals surface area contributed by atoms with E-state index in [1.807, 2.05) is 19.1 Å². The summed E-state index contributed by atoms with van der Waals surface area (Å²) < 4.78 is 5.71. The molecule has 2 N–H and O–H groups in total. The average molecular weight is 313 g/mol. The molecule has 0 bridgehead atoms. The summed E-state index contributed by atoms with van der Waals surface area (Å²) in [6.45, 7) is 8.55. The number of anilines is 1. The molecule has 1 aromatic carbocycles. The lowest BCUT2D eigenvalue weighted by molar-refractivity contribution is -0.0421. The molecule has 0 aromatic heterocycles. The molecule has 0 spiro atoms. The molecule has 2 unspecified atom stereocenters. The molecule has 1 aliphatic heterocycles. The number of aliphatic hydroxyl groups is 1. The van der Waals surface area contributed by atoms with E-state index in [2.05, 4.69) is 30.1 Å². The van der Waals surface area contributed by atoms with Gasteiger partial charge in [-0.1, -0.05) is 37.6 Å². The topological polar surface area (TPSA) is 44.7 Å². The van der Waals surface area contributed by atoms with Crippen LogP contribution in [0, 0.1) is 0 Å².